The lowest BCUT2D eigenvalue weighted by Gasteiger charge is -2.24. The highest BCUT2D eigenvalue weighted by atomic mass is 19.1. The summed E-state index contributed by atoms with van der Waals surface area (Å²) in [6, 6.07) is 6.65. The lowest BCUT2D eigenvalue weighted by atomic mass is 9.95. The van der Waals surface area contributed by atoms with E-state index in [0.717, 1.165) is 44.2 Å². The summed E-state index contributed by atoms with van der Waals surface area (Å²) < 4.78 is 13.0. The summed E-state index contributed by atoms with van der Waals surface area (Å²) in [5.74, 6) is -0.0990. The summed E-state index contributed by atoms with van der Waals surface area (Å²) in [6.45, 7) is 1.59. The molecule has 1 saturated heterocycles. The Kier molecular flexibility index (Phi) is 3.74. The summed E-state index contributed by atoms with van der Waals surface area (Å²) in [5.41, 5.74) is 1.17. The molecular formula is C16H21FN2O. The second-order valence-electron chi connectivity index (χ2n) is 6.01. The van der Waals surface area contributed by atoms with Crippen LogP contribution in [0.4, 0.5) is 4.39 Å². The molecule has 1 aromatic rings. The van der Waals surface area contributed by atoms with Crippen molar-refractivity contribution in [3.63, 3.8) is 0 Å². The number of hydrogen-bond donors (Lipinski definition) is 2. The average molecular weight is 276 g/mol. The minimum atomic E-state index is -0.208. The second-order valence-corrected chi connectivity index (χ2v) is 6.01. The minimum absolute atomic E-state index is 0.0345. The van der Waals surface area contributed by atoms with Gasteiger partial charge in [-0.2, -0.15) is 0 Å². The minimum Gasteiger partial charge on any atom is -0.354 e. The fourth-order valence-electron chi connectivity index (χ4n) is 2.98. The lowest BCUT2D eigenvalue weighted by molar-refractivity contribution is -0.123. The number of nitrogens with one attached hydrogen (secondary N) is 2. The Balaban J connectivity index is 1.57. The van der Waals surface area contributed by atoms with Gasteiger partial charge in [0, 0.05) is 12.0 Å². The molecule has 2 fully saturated rings. The van der Waals surface area contributed by atoms with Crippen LogP contribution in [0.15, 0.2) is 24.3 Å². The Morgan fingerprint density at radius 1 is 1.30 bits per heavy atom. The molecule has 3 nitrogen and oxygen atoms in total. The molecule has 2 aliphatic rings. The molecule has 1 amide bonds. The molecule has 1 unspecified atom stereocenters. The number of piperidine rings is 1. The number of amides is 1. The topological polar surface area (TPSA) is 41.1 Å². The van der Waals surface area contributed by atoms with E-state index in [1.807, 2.05) is 12.1 Å². The first-order valence-electron chi connectivity index (χ1n) is 7.47. The van der Waals surface area contributed by atoms with Gasteiger partial charge in [0.15, 0.2) is 0 Å². The van der Waals surface area contributed by atoms with Crippen LogP contribution in [-0.4, -0.2) is 25.0 Å². The van der Waals surface area contributed by atoms with Crippen LogP contribution in [-0.2, 0) is 10.2 Å². The first-order chi connectivity index (χ1) is 9.70. The van der Waals surface area contributed by atoms with Crippen molar-refractivity contribution in [2.75, 3.05) is 13.1 Å². The van der Waals surface area contributed by atoms with Crippen LogP contribution in [0.2, 0.25) is 0 Å². The second kappa shape index (κ2) is 5.52. The zero-order valence-electron chi connectivity index (χ0n) is 11.6. The molecule has 0 radical (unpaired) electrons. The molecule has 1 aromatic carbocycles. The van der Waals surface area contributed by atoms with E-state index < -0.39 is 0 Å². The molecule has 1 aliphatic carbocycles. The third-order valence-corrected chi connectivity index (χ3v) is 4.54. The molecule has 1 aliphatic heterocycles. The fourth-order valence-corrected chi connectivity index (χ4v) is 2.98. The maximum Gasteiger partial charge on any atom is 0.237 e. The summed E-state index contributed by atoms with van der Waals surface area (Å²) >= 11 is 0. The summed E-state index contributed by atoms with van der Waals surface area (Å²) in [7, 11) is 0. The maximum atomic E-state index is 13.0. The van der Waals surface area contributed by atoms with Gasteiger partial charge in [-0.15, -0.1) is 0 Å². The monoisotopic (exact) mass is 276 g/mol. The van der Waals surface area contributed by atoms with Crippen molar-refractivity contribution in [1.82, 2.24) is 10.6 Å². The van der Waals surface area contributed by atoms with Crippen LogP contribution in [0.1, 0.15) is 37.7 Å². The summed E-state index contributed by atoms with van der Waals surface area (Å²) in [4.78, 5) is 12.1. The van der Waals surface area contributed by atoms with Crippen molar-refractivity contribution in [3.05, 3.63) is 35.6 Å². The standard InChI is InChI=1S/C16H21FN2O/c17-13-6-4-12(5-7-13)16(8-9-16)11-19-15(20)14-3-1-2-10-18-14/h4-7,14,18H,1-3,8-11H2,(H,19,20). The Morgan fingerprint density at radius 2 is 2.05 bits per heavy atom. The van der Waals surface area contributed by atoms with Crippen molar-refractivity contribution in [3.8, 4) is 0 Å². The number of benzene rings is 1. The molecule has 1 saturated carbocycles. The van der Waals surface area contributed by atoms with Crippen LogP contribution in [0.3, 0.4) is 0 Å². The zero-order chi connectivity index (χ0) is 14.0. The predicted octanol–water partition coefficient (Wildman–Crippen LogP) is 2.12. The van der Waals surface area contributed by atoms with E-state index in [1.54, 1.807) is 0 Å². The normalized spacial score (nSPS) is 24.1. The average Bonchev–Trinajstić information content (AvgIpc) is 3.27. The van der Waals surface area contributed by atoms with Crippen LogP contribution in [0.25, 0.3) is 0 Å². The van der Waals surface area contributed by atoms with E-state index in [0.29, 0.717) is 6.54 Å². The van der Waals surface area contributed by atoms with E-state index >= 15 is 0 Å². The highest BCUT2D eigenvalue weighted by Crippen LogP contribution is 2.47. The van der Waals surface area contributed by atoms with Crippen molar-refractivity contribution in [1.29, 1.82) is 0 Å². The largest absolute Gasteiger partial charge is 0.354 e. The Labute approximate surface area is 118 Å². The molecule has 4 heteroatoms. The van der Waals surface area contributed by atoms with E-state index in [9.17, 15) is 9.18 Å². The third kappa shape index (κ3) is 2.85. The highest BCUT2D eigenvalue weighted by Gasteiger charge is 2.44. The quantitative estimate of drug-likeness (QED) is 0.884. The molecule has 20 heavy (non-hydrogen) atoms. The SMILES string of the molecule is O=C(NCC1(c2ccc(F)cc2)CC1)C1CCCCN1. The van der Waals surface area contributed by atoms with Crippen LogP contribution >= 0.6 is 0 Å². The van der Waals surface area contributed by atoms with Crippen molar-refractivity contribution in [2.24, 2.45) is 0 Å². The van der Waals surface area contributed by atoms with E-state index in [-0.39, 0.29) is 23.2 Å². The molecular weight excluding hydrogens is 255 g/mol. The molecule has 0 bridgehead atoms. The molecule has 1 atom stereocenters. The lowest BCUT2D eigenvalue weighted by Crippen LogP contribution is -2.48. The molecule has 3 rings (SSSR count). The van der Waals surface area contributed by atoms with Crippen molar-refractivity contribution in [2.45, 2.75) is 43.6 Å². The van der Waals surface area contributed by atoms with Gasteiger partial charge in [0.05, 0.1) is 6.04 Å². The van der Waals surface area contributed by atoms with Gasteiger partial charge in [-0.1, -0.05) is 18.6 Å². The summed E-state index contributed by atoms with van der Waals surface area (Å²) in [5, 5.41) is 6.33. The van der Waals surface area contributed by atoms with E-state index in [2.05, 4.69) is 10.6 Å². The van der Waals surface area contributed by atoms with E-state index in [1.165, 1.54) is 12.1 Å². The van der Waals surface area contributed by atoms with Gasteiger partial charge in [-0.05, 0) is 49.9 Å². The fraction of sp³-hybridized carbons (Fsp3) is 0.562. The van der Waals surface area contributed by atoms with Gasteiger partial charge >= 0.3 is 0 Å². The number of rotatable bonds is 4. The number of halogens is 1. The smallest absolute Gasteiger partial charge is 0.237 e. The van der Waals surface area contributed by atoms with Gasteiger partial charge in [0.25, 0.3) is 0 Å². The van der Waals surface area contributed by atoms with Gasteiger partial charge in [-0.3, -0.25) is 4.79 Å². The molecule has 1 heterocycles. The number of carbonyl (C=O) groups is 1. The van der Waals surface area contributed by atoms with Crippen LogP contribution in [0, 0.1) is 5.82 Å². The van der Waals surface area contributed by atoms with Gasteiger partial charge in [0.1, 0.15) is 5.82 Å². The first-order valence-corrected chi connectivity index (χ1v) is 7.47. The van der Waals surface area contributed by atoms with Gasteiger partial charge < -0.3 is 10.6 Å². The first kappa shape index (κ1) is 13.6. The van der Waals surface area contributed by atoms with Crippen molar-refractivity contribution < 1.29 is 9.18 Å². The number of hydrogen-bond acceptors (Lipinski definition) is 2. The molecule has 0 spiro atoms. The highest BCUT2D eigenvalue weighted by molar-refractivity contribution is 5.82. The predicted molar refractivity (Wildman–Crippen MR) is 76.0 cm³/mol. The number of carbonyl (C=O) groups excluding carboxylic acids is 1. The van der Waals surface area contributed by atoms with Crippen LogP contribution < -0.4 is 10.6 Å². The molecule has 108 valence electrons. The van der Waals surface area contributed by atoms with Gasteiger partial charge in [0.2, 0.25) is 5.91 Å². The Hall–Kier alpha value is -1.42. The van der Waals surface area contributed by atoms with Gasteiger partial charge in [-0.25, -0.2) is 4.39 Å². The molecule has 0 aromatic heterocycles. The van der Waals surface area contributed by atoms with Crippen LogP contribution in [0.5, 0.6) is 0 Å². The summed E-state index contributed by atoms with van der Waals surface area (Å²) in [6.07, 6.45) is 5.33. The zero-order valence-corrected chi connectivity index (χ0v) is 11.6. The Morgan fingerprint density at radius 3 is 2.65 bits per heavy atom. The van der Waals surface area contributed by atoms with E-state index in [4.69, 9.17) is 0 Å². The third-order valence-electron chi connectivity index (χ3n) is 4.54. The van der Waals surface area contributed by atoms with Crippen molar-refractivity contribution >= 4 is 5.91 Å². The Bertz CT molecular complexity index is 476. The maximum absolute atomic E-state index is 13.0. The molecule has 2 N–H and O–H groups in total.